The highest BCUT2D eigenvalue weighted by molar-refractivity contribution is 5.72. The number of rotatable bonds is 5. The van der Waals surface area contributed by atoms with Crippen molar-refractivity contribution in [1.82, 2.24) is 14.8 Å². The summed E-state index contributed by atoms with van der Waals surface area (Å²) in [5.41, 5.74) is 5.31. The summed E-state index contributed by atoms with van der Waals surface area (Å²) >= 11 is 0. The van der Waals surface area contributed by atoms with Crippen molar-refractivity contribution in [3.05, 3.63) is 12.7 Å². The van der Waals surface area contributed by atoms with E-state index in [1.165, 1.54) is 6.33 Å². The Bertz CT molecular complexity index is 259. The van der Waals surface area contributed by atoms with Gasteiger partial charge in [-0.05, 0) is 12.8 Å². The van der Waals surface area contributed by atoms with Gasteiger partial charge in [-0.15, -0.1) is 0 Å². The number of hydrogen-bond donors (Lipinski definition) is 2. The van der Waals surface area contributed by atoms with Gasteiger partial charge in [0.2, 0.25) is 0 Å². The Kier molecular flexibility index (Phi) is 3.39. The van der Waals surface area contributed by atoms with Crippen molar-refractivity contribution in [2.75, 3.05) is 0 Å². The summed E-state index contributed by atoms with van der Waals surface area (Å²) in [6, 6.07) is -0.775. The second-order valence-corrected chi connectivity index (χ2v) is 2.75. The van der Waals surface area contributed by atoms with Crippen LogP contribution in [0, 0.1) is 0 Å². The summed E-state index contributed by atoms with van der Waals surface area (Å²) in [7, 11) is 0. The lowest BCUT2D eigenvalue weighted by atomic mass is 10.2. The number of carboxylic acids is 1. The van der Waals surface area contributed by atoms with Crippen LogP contribution in [0.1, 0.15) is 12.8 Å². The fourth-order valence-electron chi connectivity index (χ4n) is 0.945. The molecule has 1 atom stereocenters. The Balaban J connectivity index is 2.18. The van der Waals surface area contributed by atoms with Crippen LogP contribution in [-0.4, -0.2) is 31.9 Å². The fraction of sp³-hybridized carbons (Fsp3) is 0.571. The molecule has 0 radical (unpaired) electrons. The Morgan fingerprint density at radius 2 is 2.46 bits per heavy atom. The molecule has 13 heavy (non-hydrogen) atoms. The average Bonchev–Trinajstić information content (AvgIpc) is 2.56. The molecule has 1 rings (SSSR count). The Morgan fingerprint density at radius 3 is 3.00 bits per heavy atom. The van der Waals surface area contributed by atoms with Crippen LogP contribution >= 0.6 is 0 Å². The van der Waals surface area contributed by atoms with Crippen LogP contribution in [0.4, 0.5) is 0 Å². The molecule has 0 aliphatic rings. The number of carbonyl (C=O) groups is 1. The van der Waals surface area contributed by atoms with E-state index in [4.69, 9.17) is 10.8 Å². The van der Waals surface area contributed by atoms with Crippen LogP contribution in [0.5, 0.6) is 0 Å². The molecule has 0 aliphatic carbocycles. The lowest BCUT2D eigenvalue weighted by Crippen LogP contribution is -2.30. The number of nitrogens with zero attached hydrogens (tertiary/aromatic N) is 3. The van der Waals surface area contributed by atoms with Gasteiger partial charge in [-0.25, -0.2) is 4.98 Å². The molecule has 3 N–H and O–H groups in total. The lowest BCUT2D eigenvalue weighted by molar-refractivity contribution is -0.138. The largest absolute Gasteiger partial charge is 0.480 e. The first kappa shape index (κ1) is 9.66. The van der Waals surface area contributed by atoms with Crippen LogP contribution in [0.3, 0.4) is 0 Å². The Hall–Kier alpha value is -1.43. The molecule has 0 bridgehead atoms. The van der Waals surface area contributed by atoms with E-state index in [9.17, 15) is 4.79 Å². The molecule has 6 heteroatoms. The molecular weight excluding hydrogens is 172 g/mol. The van der Waals surface area contributed by atoms with Crippen molar-refractivity contribution in [2.24, 2.45) is 5.73 Å². The monoisotopic (exact) mass is 184 g/mol. The van der Waals surface area contributed by atoms with Crippen LogP contribution in [0.25, 0.3) is 0 Å². The van der Waals surface area contributed by atoms with Gasteiger partial charge in [0, 0.05) is 6.54 Å². The van der Waals surface area contributed by atoms with Gasteiger partial charge in [-0.2, -0.15) is 5.10 Å². The molecule has 1 unspecified atom stereocenters. The van der Waals surface area contributed by atoms with E-state index in [-0.39, 0.29) is 0 Å². The third kappa shape index (κ3) is 3.20. The summed E-state index contributed by atoms with van der Waals surface area (Å²) in [5, 5.41) is 12.4. The van der Waals surface area contributed by atoms with Crippen molar-refractivity contribution in [2.45, 2.75) is 25.4 Å². The summed E-state index contributed by atoms with van der Waals surface area (Å²) in [5.74, 6) is -0.960. The third-order valence-corrected chi connectivity index (χ3v) is 1.69. The standard InChI is InChI=1S/C7H12N4O2/c8-6(7(12)13)2-1-3-11-5-9-4-10-11/h4-6H,1-3,8H2,(H,12,13). The quantitative estimate of drug-likeness (QED) is 0.641. The first-order valence-electron chi connectivity index (χ1n) is 4.01. The number of aromatic nitrogens is 3. The topological polar surface area (TPSA) is 94.0 Å². The van der Waals surface area contributed by atoms with Gasteiger partial charge in [0.05, 0.1) is 0 Å². The lowest BCUT2D eigenvalue weighted by Gasteiger charge is -2.05. The number of nitrogens with two attached hydrogens (primary N) is 1. The highest BCUT2D eigenvalue weighted by Gasteiger charge is 2.10. The molecule has 0 aliphatic heterocycles. The Morgan fingerprint density at radius 1 is 1.69 bits per heavy atom. The van der Waals surface area contributed by atoms with E-state index in [1.54, 1.807) is 11.0 Å². The summed E-state index contributed by atoms with van der Waals surface area (Å²) < 4.78 is 1.65. The van der Waals surface area contributed by atoms with Gasteiger partial charge in [0.25, 0.3) is 0 Å². The molecule has 1 heterocycles. The third-order valence-electron chi connectivity index (χ3n) is 1.69. The fourth-order valence-corrected chi connectivity index (χ4v) is 0.945. The maximum atomic E-state index is 10.3. The molecule has 0 saturated carbocycles. The van der Waals surface area contributed by atoms with Crippen molar-refractivity contribution in [1.29, 1.82) is 0 Å². The number of aliphatic carboxylic acids is 1. The summed E-state index contributed by atoms with van der Waals surface area (Å²) in [6.07, 6.45) is 4.18. The molecule has 6 nitrogen and oxygen atoms in total. The number of aryl methyl sites for hydroxylation is 1. The first-order chi connectivity index (χ1) is 6.20. The molecule has 1 aromatic heterocycles. The summed E-state index contributed by atoms with van der Waals surface area (Å²) in [4.78, 5) is 14.1. The number of hydrogen-bond acceptors (Lipinski definition) is 4. The van der Waals surface area contributed by atoms with E-state index in [2.05, 4.69) is 10.1 Å². The maximum Gasteiger partial charge on any atom is 0.320 e. The van der Waals surface area contributed by atoms with E-state index < -0.39 is 12.0 Å². The summed E-state index contributed by atoms with van der Waals surface area (Å²) in [6.45, 7) is 0.654. The van der Waals surface area contributed by atoms with Gasteiger partial charge in [-0.1, -0.05) is 0 Å². The van der Waals surface area contributed by atoms with E-state index >= 15 is 0 Å². The Labute approximate surface area is 75.4 Å². The zero-order valence-electron chi connectivity index (χ0n) is 7.13. The minimum Gasteiger partial charge on any atom is -0.480 e. The van der Waals surface area contributed by atoms with E-state index in [0.717, 1.165) is 0 Å². The van der Waals surface area contributed by atoms with Crippen molar-refractivity contribution in [3.8, 4) is 0 Å². The van der Waals surface area contributed by atoms with Gasteiger partial charge >= 0.3 is 5.97 Å². The van der Waals surface area contributed by atoms with Gasteiger partial charge in [-0.3, -0.25) is 9.48 Å². The SMILES string of the molecule is NC(CCCn1cncn1)C(=O)O. The van der Waals surface area contributed by atoms with Crippen molar-refractivity contribution < 1.29 is 9.90 Å². The second-order valence-electron chi connectivity index (χ2n) is 2.75. The predicted octanol–water partition coefficient (Wildman–Crippen LogP) is -0.530. The first-order valence-corrected chi connectivity index (χ1v) is 4.01. The van der Waals surface area contributed by atoms with Crippen LogP contribution in [0.2, 0.25) is 0 Å². The van der Waals surface area contributed by atoms with Crippen LogP contribution < -0.4 is 5.73 Å². The van der Waals surface area contributed by atoms with E-state index in [0.29, 0.717) is 19.4 Å². The molecule has 0 saturated heterocycles. The molecule has 0 amide bonds. The van der Waals surface area contributed by atoms with Gasteiger partial charge in [0.1, 0.15) is 18.7 Å². The molecule has 0 aromatic carbocycles. The molecular formula is C7H12N4O2. The smallest absolute Gasteiger partial charge is 0.320 e. The van der Waals surface area contributed by atoms with Crippen molar-refractivity contribution in [3.63, 3.8) is 0 Å². The predicted molar refractivity (Wildman–Crippen MR) is 44.9 cm³/mol. The van der Waals surface area contributed by atoms with Crippen molar-refractivity contribution >= 4 is 5.97 Å². The second kappa shape index (κ2) is 4.56. The van der Waals surface area contributed by atoms with Gasteiger partial charge in [0.15, 0.2) is 0 Å². The maximum absolute atomic E-state index is 10.3. The zero-order chi connectivity index (χ0) is 9.68. The van der Waals surface area contributed by atoms with Gasteiger partial charge < -0.3 is 10.8 Å². The number of carboxylic acid groups (broad SMARTS) is 1. The zero-order valence-corrected chi connectivity index (χ0v) is 7.13. The van der Waals surface area contributed by atoms with E-state index in [1.807, 2.05) is 0 Å². The highest BCUT2D eigenvalue weighted by atomic mass is 16.4. The molecule has 72 valence electrons. The van der Waals surface area contributed by atoms with Crippen LogP contribution in [-0.2, 0) is 11.3 Å². The minimum absolute atomic E-state index is 0.454. The molecule has 0 spiro atoms. The molecule has 1 aromatic rings. The van der Waals surface area contributed by atoms with Crippen LogP contribution in [0.15, 0.2) is 12.7 Å². The highest BCUT2D eigenvalue weighted by Crippen LogP contribution is 1.96. The normalized spacial score (nSPS) is 12.7. The minimum atomic E-state index is -0.960. The average molecular weight is 184 g/mol. The molecule has 0 fully saturated rings.